The molecule has 7 nitrogen and oxygen atoms in total. The fraction of sp³-hybridized carbons (Fsp3) is 0.833. The SMILES string of the molecule is CC(C)(C)OC(=O)NCCCCCCn1nnnc1S. The minimum Gasteiger partial charge on any atom is -0.444 e. The summed E-state index contributed by atoms with van der Waals surface area (Å²) in [5, 5.41) is 14.3. The summed E-state index contributed by atoms with van der Waals surface area (Å²) in [5.41, 5.74) is -0.444. The fourth-order valence-corrected chi connectivity index (χ4v) is 1.77. The number of hydrogen-bond donors (Lipinski definition) is 2. The Morgan fingerprint density at radius 3 is 2.60 bits per heavy atom. The maximum Gasteiger partial charge on any atom is 0.407 e. The average Bonchev–Trinajstić information content (AvgIpc) is 2.71. The van der Waals surface area contributed by atoms with Crippen LogP contribution in [-0.4, -0.2) is 38.4 Å². The highest BCUT2D eigenvalue weighted by molar-refractivity contribution is 7.80. The second-order valence-electron chi connectivity index (χ2n) is 5.54. The van der Waals surface area contributed by atoms with E-state index in [9.17, 15) is 4.79 Å². The average molecular weight is 301 g/mol. The summed E-state index contributed by atoms with van der Waals surface area (Å²) in [5.74, 6) is 0. The molecule has 1 N–H and O–H groups in total. The van der Waals surface area contributed by atoms with E-state index in [0.29, 0.717) is 11.7 Å². The van der Waals surface area contributed by atoms with Crippen LogP contribution >= 0.6 is 12.6 Å². The fourth-order valence-electron chi connectivity index (χ4n) is 1.59. The van der Waals surface area contributed by atoms with Crippen LogP contribution in [0, 0.1) is 0 Å². The number of nitrogens with one attached hydrogen (secondary N) is 1. The molecule has 0 spiro atoms. The summed E-state index contributed by atoms with van der Waals surface area (Å²) in [4.78, 5) is 11.4. The Balaban J connectivity index is 1.98. The van der Waals surface area contributed by atoms with Gasteiger partial charge in [-0.3, -0.25) is 0 Å². The molecule has 0 atom stereocenters. The summed E-state index contributed by atoms with van der Waals surface area (Å²) in [6, 6.07) is 0. The van der Waals surface area contributed by atoms with Crippen molar-refractivity contribution in [2.75, 3.05) is 6.54 Å². The second kappa shape index (κ2) is 8.08. The van der Waals surface area contributed by atoms with E-state index in [-0.39, 0.29) is 6.09 Å². The lowest BCUT2D eigenvalue weighted by atomic mass is 10.2. The van der Waals surface area contributed by atoms with Gasteiger partial charge in [-0.05, 0) is 44.0 Å². The smallest absolute Gasteiger partial charge is 0.407 e. The third-order valence-electron chi connectivity index (χ3n) is 2.48. The molecule has 1 rings (SSSR count). The Bertz CT molecular complexity index is 416. The molecule has 1 amide bonds. The first-order valence-corrected chi connectivity index (χ1v) is 7.25. The van der Waals surface area contributed by atoms with Gasteiger partial charge in [0, 0.05) is 13.1 Å². The molecule has 0 bridgehead atoms. The van der Waals surface area contributed by atoms with Crippen LogP contribution in [0.15, 0.2) is 5.16 Å². The number of rotatable bonds is 7. The molecule has 0 unspecified atom stereocenters. The van der Waals surface area contributed by atoms with Gasteiger partial charge in [-0.2, -0.15) is 0 Å². The third kappa shape index (κ3) is 7.32. The predicted molar refractivity (Wildman–Crippen MR) is 77.8 cm³/mol. The topological polar surface area (TPSA) is 81.9 Å². The quantitative estimate of drug-likeness (QED) is 0.595. The first-order chi connectivity index (χ1) is 9.38. The highest BCUT2D eigenvalue weighted by Gasteiger charge is 2.15. The van der Waals surface area contributed by atoms with Crippen molar-refractivity contribution in [3.63, 3.8) is 0 Å². The van der Waals surface area contributed by atoms with E-state index in [4.69, 9.17) is 4.74 Å². The number of ether oxygens (including phenoxy) is 1. The molecule has 20 heavy (non-hydrogen) atoms. The van der Waals surface area contributed by atoms with Gasteiger partial charge in [0.1, 0.15) is 5.60 Å². The van der Waals surface area contributed by atoms with Gasteiger partial charge in [-0.1, -0.05) is 12.8 Å². The van der Waals surface area contributed by atoms with Crippen LogP contribution in [0.1, 0.15) is 46.5 Å². The number of thiol groups is 1. The zero-order chi connectivity index (χ0) is 15.0. The highest BCUT2D eigenvalue weighted by atomic mass is 32.1. The van der Waals surface area contributed by atoms with Gasteiger partial charge in [-0.25, -0.2) is 9.48 Å². The number of amides is 1. The van der Waals surface area contributed by atoms with E-state index in [2.05, 4.69) is 33.5 Å². The molecule has 0 saturated carbocycles. The van der Waals surface area contributed by atoms with Crippen molar-refractivity contribution in [2.45, 2.75) is 63.8 Å². The van der Waals surface area contributed by atoms with E-state index in [1.54, 1.807) is 4.68 Å². The maximum atomic E-state index is 11.4. The van der Waals surface area contributed by atoms with Crippen molar-refractivity contribution in [2.24, 2.45) is 0 Å². The molecule has 0 aliphatic rings. The number of carbonyl (C=O) groups is 1. The Hall–Kier alpha value is -1.31. The monoisotopic (exact) mass is 301 g/mol. The van der Waals surface area contributed by atoms with Gasteiger partial charge >= 0.3 is 6.09 Å². The second-order valence-corrected chi connectivity index (χ2v) is 5.94. The molecule has 1 aromatic heterocycles. The molecule has 0 aliphatic heterocycles. The number of carbonyl (C=O) groups excluding carboxylic acids is 1. The predicted octanol–water partition coefficient (Wildman–Crippen LogP) is 2.05. The van der Waals surface area contributed by atoms with Crippen molar-refractivity contribution in [1.82, 2.24) is 25.5 Å². The van der Waals surface area contributed by atoms with Crippen LogP contribution in [0.2, 0.25) is 0 Å². The Morgan fingerprint density at radius 1 is 1.30 bits per heavy atom. The molecule has 1 aromatic rings. The van der Waals surface area contributed by atoms with Crippen molar-refractivity contribution >= 4 is 18.7 Å². The lowest BCUT2D eigenvalue weighted by Crippen LogP contribution is -2.32. The Kier molecular flexibility index (Phi) is 6.77. The van der Waals surface area contributed by atoms with Gasteiger partial charge in [0.25, 0.3) is 0 Å². The van der Waals surface area contributed by atoms with Crippen molar-refractivity contribution in [3.05, 3.63) is 0 Å². The number of unbranched alkanes of at least 4 members (excludes halogenated alkanes) is 3. The maximum absolute atomic E-state index is 11.4. The summed E-state index contributed by atoms with van der Waals surface area (Å²) >= 11 is 4.13. The normalized spacial score (nSPS) is 11.4. The van der Waals surface area contributed by atoms with Crippen LogP contribution in [0.5, 0.6) is 0 Å². The molecule has 0 fully saturated rings. The van der Waals surface area contributed by atoms with Crippen molar-refractivity contribution < 1.29 is 9.53 Å². The van der Waals surface area contributed by atoms with E-state index < -0.39 is 5.60 Å². The van der Waals surface area contributed by atoms with Crippen LogP contribution in [0.3, 0.4) is 0 Å². The van der Waals surface area contributed by atoms with Gasteiger partial charge in [0.05, 0.1) is 0 Å². The van der Waals surface area contributed by atoms with E-state index in [1.807, 2.05) is 20.8 Å². The molecule has 114 valence electrons. The van der Waals surface area contributed by atoms with Gasteiger partial charge in [0.2, 0.25) is 5.16 Å². The zero-order valence-corrected chi connectivity index (χ0v) is 13.2. The van der Waals surface area contributed by atoms with Crippen molar-refractivity contribution in [3.8, 4) is 0 Å². The van der Waals surface area contributed by atoms with Crippen LogP contribution in [0.4, 0.5) is 4.79 Å². The van der Waals surface area contributed by atoms with E-state index >= 15 is 0 Å². The number of aryl methyl sites for hydroxylation is 1. The first kappa shape index (κ1) is 16.7. The highest BCUT2D eigenvalue weighted by Crippen LogP contribution is 2.07. The third-order valence-corrected chi connectivity index (χ3v) is 2.80. The molecular weight excluding hydrogens is 278 g/mol. The Morgan fingerprint density at radius 2 is 2.00 bits per heavy atom. The molecule has 0 saturated heterocycles. The van der Waals surface area contributed by atoms with Crippen LogP contribution in [-0.2, 0) is 11.3 Å². The molecule has 0 aromatic carbocycles. The zero-order valence-electron chi connectivity index (χ0n) is 12.3. The molecule has 0 aliphatic carbocycles. The summed E-state index contributed by atoms with van der Waals surface area (Å²) in [6.45, 7) is 6.95. The minimum atomic E-state index is -0.444. The number of alkyl carbamates (subject to hydrolysis) is 1. The van der Waals surface area contributed by atoms with Crippen molar-refractivity contribution in [1.29, 1.82) is 0 Å². The van der Waals surface area contributed by atoms with E-state index in [0.717, 1.165) is 32.2 Å². The van der Waals surface area contributed by atoms with E-state index in [1.165, 1.54) is 0 Å². The number of hydrogen-bond acceptors (Lipinski definition) is 6. The van der Waals surface area contributed by atoms with Crippen LogP contribution in [0.25, 0.3) is 0 Å². The molecule has 8 heteroatoms. The molecular formula is C12H23N5O2S. The lowest BCUT2D eigenvalue weighted by molar-refractivity contribution is 0.0527. The number of nitrogens with zero attached hydrogens (tertiary/aromatic N) is 4. The summed E-state index contributed by atoms with van der Waals surface area (Å²) in [7, 11) is 0. The number of tetrazole rings is 1. The van der Waals surface area contributed by atoms with Gasteiger partial charge in [-0.15, -0.1) is 17.7 Å². The molecule has 0 radical (unpaired) electrons. The number of aromatic nitrogens is 4. The lowest BCUT2D eigenvalue weighted by Gasteiger charge is -2.19. The molecule has 1 heterocycles. The largest absolute Gasteiger partial charge is 0.444 e. The Labute approximate surface area is 124 Å². The summed E-state index contributed by atoms with van der Waals surface area (Å²) < 4.78 is 6.81. The summed E-state index contributed by atoms with van der Waals surface area (Å²) in [6.07, 6.45) is 3.67. The van der Waals surface area contributed by atoms with Gasteiger partial charge < -0.3 is 10.1 Å². The van der Waals surface area contributed by atoms with Crippen LogP contribution < -0.4 is 5.32 Å². The standard InChI is InChI=1S/C12H23N5O2S/c1-12(2,3)19-11(18)13-8-6-4-5-7-9-17-10(20)14-15-16-17/h4-9H2,1-3H3,(H,13,18)(H,14,16,20). The van der Waals surface area contributed by atoms with Gasteiger partial charge in [0.15, 0.2) is 0 Å². The minimum absolute atomic E-state index is 0.356. The first-order valence-electron chi connectivity index (χ1n) is 6.80.